The van der Waals surface area contributed by atoms with E-state index >= 15 is 0 Å². The number of nitrogens with two attached hydrogens (primary N) is 1. The van der Waals surface area contributed by atoms with Gasteiger partial charge in [-0.1, -0.05) is 54.6 Å². The molecule has 0 amide bonds. The Balaban J connectivity index is 1.87. The van der Waals surface area contributed by atoms with Crippen molar-refractivity contribution in [2.24, 2.45) is 5.73 Å². The van der Waals surface area contributed by atoms with Gasteiger partial charge >= 0.3 is 0 Å². The Labute approximate surface area is 112 Å². The molecule has 2 nitrogen and oxygen atoms in total. The Morgan fingerprint density at radius 2 is 1.58 bits per heavy atom. The summed E-state index contributed by atoms with van der Waals surface area (Å²) in [7, 11) is 0. The summed E-state index contributed by atoms with van der Waals surface area (Å²) in [5.41, 5.74) is 9.45. The standard InChI is InChI=1S/C17H16N2/c18-15(12-13-6-2-1-3-7-13)17-11-10-14-8-4-5-9-16(14)19-17/h1-11,15H,12,18H2. The highest BCUT2D eigenvalue weighted by atomic mass is 14.8. The van der Waals surface area contributed by atoms with Gasteiger partial charge in [0.05, 0.1) is 17.3 Å². The summed E-state index contributed by atoms with van der Waals surface area (Å²) < 4.78 is 0. The highest BCUT2D eigenvalue weighted by molar-refractivity contribution is 5.78. The molecule has 0 aliphatic rings. The van der Waals surface area contributed by atoms with Crippen LogP contribution in [0.3, 0.4) is 0 Å². The smallest absolute Gasteiger partial charge is 0.0706 e. The lowest BCUT2D eigenvalue weighted by molar-refractivity contribution is 0.700. The number of pyridine rings is 1. The van der Waals surface area contributed by atoms with Crippen LogP contribution in [0.2, 0.25) is 0 Å². The lowest BCUT2D eigenvalue weighted by atomic mass is 10.0. The van der Waals surface area contributed by atoms with E-state index in [1.165, 1.54) is 5.56 Å². The van der Waals surface area contributed by atoms with Gasteiger partial charge in [0.15, 0.2) is 0 Å². The Bertz CT molecular complexity index is 677. The first kappa shape index (κ1) is 11.9. The third kappa shape index (κ3) is 2.64. The molecule has 2 aromatic carbocycles. The molecule has 0 aliphatic heterocycles. The average molecular weight is 248 g/mol. The summed E-state index contributed by atoms with van der Waals surface area (Å²) in [5.74, 6) is 0. The van der Waals surface area contributed by atoms with Crippen molar-refractivity contribution < 1.29 is 0 Å². The second-order valence-corrected chi connectivity index (χ2v) is 4.73. The Morgan fingerprint density at radius 3 is 2.42 bits per heavy atom. The number of para-hydroxylation sites is 1. The van der Waals surface area contributed by atoms with Gasteiger partial charge in [-0.2, -0.15) is 0 Å². The van der Waals surface area contributed by atoms with E-state index < -0.39 is 0 Å². The van der Waals surface area contributed by atoms with Crippen molar-refractivity contribution in [3.05, 3.63) is 78.0 Å². The van der Waals surface area contributed by atoms with Crippen LogP contribution in [0.25, 0.3) is 10.9 Å². The molecular weight excluding hydrogens is 232 g/mol. The fourth-order valence-corrected chi connectivity index (χ4v) is 2.26. The predicted molar refractivity (Wildman–Crippen MR) is 78.8 cm³/mol. The fraction of sp³-hybridized carbons (Fsp3) is 0.118. The van der Waals surface area contributed by atoms with E-state index in [1.807, 2.05) is 42.5 Å². The third-order valence-corrected chi connectivity index (χ3v) is 3.30. The maximum Gasteiger partial charge on any atom is 0.0706 e. The van der Waals surface area contributed by atoms with Gasteiger partial charge in [-0.05, 0) is 24.1 Å². The minimum atomic E-state index is -0.0630. The summed E-state index contributed by atoms with van der Waals surface area (Å²) in [6, 6.07) is 22.4. The molecule has 2 heteroatoms. The first-order valence-electron chi connectivity index (χ1n) is 6.48. The van der Waals surface area contributed by atoms with Crippen molar-refractivity contribution in [1.29, 1.82) is 0 Å². The fourth-order valence-electron chi connectivity index (χ4n) is 2.26. The summed E-state index contributed by atoms with van der Waals surface area (Å²) in [4.78, 5) is 4.65. The minimum Gasteiger partial charge on any atom is -0.322 e. The zero-order valence-electron chi connectivity index (χ0n) is 10.7. The van der Waals surface area contributed by atoms with E-state index in [4.69, 9.17) is 5.73 Å². The van der Waals surface area contributed by atoms with Crippen molar-refractivity contribution in [2.75, 3.05) is 0 Å². The summed E-state index contributed by atoms with van der Waals surface area (Å²) in [5, 5.41) is 1.15. The number of fused-ring (bicyclic) bond motifs is 1. The average Bonchev–Trinajstić information content (AvgIpc) is 2.48. The van der Waals surface area contributed by atoms with Gasteiger partial charge in [0.2, 0.25) is 0 Å². The third-order valence-electron chi connectivity index (χ3n) is 3.30. The van der Waals surface area contributed by atoms with E-state index in [2.05, 4.69) is 29.2 Å². The number of aromatic nitrogens is 1. The minimum absolute atomic E-state index is 0.0630. The van der Waals surface area contributed by atoms with Crippen molar-refractivity contribution >= 4 is 10.9 Å². The first-order chi connectivity index (χ1) is 9.33. The zero-order valence-corrected chi connectivity index (χ0v) is 10.7. The van der Waals surface area contributed by atoms with E-state index in [0.29, 0.717) is 0 Å². The molecule has 0 bridgehead atoms. The number of nitrogens with zero attached hydrogens (tertiary/aromatic N) is 1. The van der Waals surface area contributed by atoms with Crippen LogP contribution in [0.4, 0.5) is 0 Å². The van der Waals surface area contributed by atoms with Crippen LogP contribution >= 0.6 is 0 Å². The molecule has 1 atom stereocenters. The maximum atomic E-state index is 6.26. The predicted octanol–water partition coefficient (Wildman–Crippen LogP) is 3.48. The van der Waals surface area contributed by atoms with Gasteiger partial charge in [0.1, 0.15) is 0 Å². The number of hydrogen-bond acceptors (Lipinski definition) is 2. The molecule has 1 aromatic heterocycles. The van der Waals surface area contributed by atoms with Crippen LogP contribution in [0.1, 0.15) is 17.3 Å². The van der Waals surface area contributed by atoms with Gasteiger partial charge in [0.25, 0.3) is 0 Å². The van der Waals surface area contributed by atoms with Crippen LogP contribution in [-0.2, 0) is 6.42 Å². The molecule has 3 rings (SSSR count). The molecule has 0 aliphatic carbocycles. The van der Waals surface area contributed by atoms with Crippen LogP contribution < -0.4 is 5.73 Å². The molecule has 0 radical (unpaired) electrons. The molecule has 0 fully saturated rings. The van der Waals surface area contributed by atoms with Crippen molar-refractivity contribution in [3.63, 3.8) is 0 Å². The van der Waals surface area contributed by atoms with E-state index in [9.17, 15) is 0 Å². The van der Waals surface area contributed by atoms with E-state index in [1.54, 1.807) is 0 Å². The number of rotatable bonds is 3. The Hall–Kier alpha value is -2.19. The van der Waals surface area contributed by atoms with E-state index in [0.717, 1.165) is 23.0 Å². The molecule has 0 saturated heterocycles. The van der Waals surface area contributed by atoms with Crippen LogP contribution in [0.5, 0.6) is 0 Å². The van der Waals surface area contributed by atoms with Gasteiger partial charge in [-0.25, -0.2) is 0 Å². The SMILES string of the molecule is NC(Cc1ccccc1)c1ccc2ccccc2n1. The second kappa shape index (κ2) is 5.21. The van der Waals surface area contributed by atoms with Gasteiger partial charge in [-0.15, -0.1) is 0 Å². The number of benzene rings is 2. The molecule has 0 spiro atoms. The first-order valence-corrected chi connectivity index (χ1v) is 6.48. The quantitative estimate of drug-likeness (QED) is 0.770. The Morgan fingerprint density at radius 1 is 0.842 bits per heavy atom. The van der Waals surface area contributed by atoms with Gasteiger partial charge in [0, 0.05) is 5.39 Å². The molecule has 1 heterocycles. The molecule has 3 aromatic rings. The second-order valence-electron chi connectivity index (χ2n) is 4.73. The summed E-state index contributed by atoms with van der Waals surface area (Å²) in [6.07, 6.45) is 0.812. The lowest BCUT2D eigenvalue weighted by Crippen LogP contribution is -2.14. The highest BCUT2D eigenvalue weighted by Crippen LogP contribution is 2.18. The van der Waals surface area contributed by atoms with Crippen LogP contribution in [0, 0.1) is 0 Å². The van der Waals surface area contributed by atoms with Crippen LogP contribution in [0.15, 0.2) is 66.7 Å². The topological polar surface area (TPSA) is 38.9 Å². The normalized spacial score (nSPS) is 12.5. The van der Waals surface area contributed by atoms with Crippen LogP contribution in [-0.4, -0.2) is 4.98 Å². The van der Waals surface area contributed by atoms with Gasteiger partial charge < -0.3 is 5.73 Å². The molecular formula is C17H16N2. The lowest BCUT2D eigenvalue weighted by Gasteiger charge is -2.12. The molecule has 94 valence electrons. The zero-order chi connectivity index (χ0) is 13.1. The largest absolute Gasteiger partial charge is 0.322 e. The number of hydrogen-bond donors (Lipinski definition) is 1. The Kier molecular flexibility index (Phi) is 3.25. The summed E-state index contributed by atoms with van der Waals surface area (Å²) >= 11 is 0. The highest BCUT2D eigenvalue weighted by Gasteiger charge is 2.09. The molecule has 19 heavy (non-hydrogen) atoms. The van der Waals surface area contributed by atoms with E-state index in [-0.39, 0.29) is 6.04 Å². The maximum absolute atomic E-state index is 6.26. The molecule has 1 unspecified atom stereocenters. The van der Waals surface area contributed by atoms with Crippen molar-refractivity contribution in [1.82, 2.24) is 4.98 Å². The van der Waals surface area contributed by atoms with Crippen molar-refractivity contribution in [3.8, 4) is 0 Å². The molecule has 2 N–H and O–H groups in total. The molecule has 0 saturated carbocycles. The van der Waals surface area contributed by atoms with Crippen molar-refractivity contribution in [2.45, 2.75) is 12.5 Å². The van der Waals surface area contributed by atoms with Gasteiger partial charge in [-0.3, -0.25) is 4.98 Å². The summed E-state index contributed by atoms with van der Waals surface area (Å²) in [6.45, 7) is 0. The monoisotopic (exact) mass is 248 g/mol.